The minimum atomic E-state index is -3.59. The molecule has 162 valence electrons. The zero-order valence-electron chi connectivity index (χ0n) is 17.8. The Hall–Kier alpha value is -2.90. The molecule has 1 heterocycles. The largest absolute Gasteiger partial charge is 0.376 e. The summed E-state index contributed by atoms with van der Waals surface area (Å²) >= 11 is 0. The van der Waals surface area contributed by atoms with E-state index in [1.165, 1.54) is 4.31 Å². The number of carbonyl (C=O) groups excluding carboxylic acids is 1. The van der Waals surface area contributed by atoms with Crippen LogP contribution in [0.1, 0.15) is 11.1 Å². The maximum atomic E-state index is 13.1. The minimum absolute atomic E-state index is 0.0244. The van der Waals surface area contributed by atoms with Crippen LogP contribution in [-0.4, -0.2) is 56.3 Å². The van der Waals surface area contributed by atoms with Crippen LogP contribution in [0.15, 0.2) is 65.6 Å². The Morgan fingerprint density at radius 1 is 0.903 bits per heavy atom. The monoisotopic (exact) mass is 437 g/mol. The average molecular weight is 438 g/mol. The van der Waals surface area contributed by atoms with Crippen LogP contribution in [0.5, 0.6) is 0 Å². The second-order valence-electron chi connectivity index (χ2n) is 7.97. The van der Waals surface area contributed by atoms with Crippen LogP contribution in [-0.2, 0) is 14.8 Å². The van der Waals surface area contributed by atoms with Gasteiger partial charge in [0.1, 0.15) is 0 Å². The van der Waals surface area contributed by atoms with Crippen LogP contribution in [0.3, 0.4) is 0 Å². The van der Waals surface area contributed by atoms with E-state index in [0.717, 1.165) is 27.6 Å². The van der Waals surface area contributed by atoms with Crippen LogP contribution in [0.2, 0.25) is 0 Å². The summed E-state index contributed by atoms with van der Waals surface area (Å²) in [6.07, 6.45) is 0. The molecule has 0 aliphatic carbocycles. The molecule has 1 aliphatic heterocycles. The number of hydrogen-bond acceptors (Lipinski definition) is 4. The van der Waals surface area contributed by atoms with Gasteiger partial charge in [-0.3, -0.25) is 4.79 Å². The predicted octanol–water partition coefficient (Wildman–Crippen LogP) is 3.40. The summed E-state index contributed by atoms with van der Waals surface area (Å²) in [5, 5.41) is 5.12. The zero-order valence-corrected chi connectivity index (χ0v) is 18.7. The van der Waals surface area contributed by atoms with Crippen molar-refractivity contribution in [1.82, 2.24) is 9.21 Å². The topological polar surface area (TPSA) is 69.7 Å². The summed E-state index contributed by atoms with van der Waals surface area (Å²) in [5.41, 5.74) is 3.17. The molecule has 31 heavy (non-hydrogen) atoms. The lowest BCUT2D eigenvalue weighted by Gasteiger charge is -2.34. The van der Waals surface area contributed by atoms with Gasteiger partial charge in [0, 0.05) is 31.9 Å². The number of aryl methyl sites for hydroxylation is 2. The third-order valence-electron chi connectivity index (χ3n) is 5.77. The van der Waals surface area contributed by atoms with E-state index in [1.54, 1.807) is 17.0 Å². The van der Waals surface area contributed by atoms with Gasteiger partial charge >= 0.3 is 0 Å². The number of piperazine rings is 1. The lowest BCUT2D eigenvalue weighted by Crippen LogP contribution is -2.51. The Kier molecular flexibility index (Phi) is 5.98. The summed E-state index contributed by atoms with van der Waals surface area (Å²) in [6, 6.07) is 19.0. The third-order valence-corrected chi connectivity index (χ3v) is 7.67. The molecule has 0 bridgehead atoms. The Bertz CT molecular complexity index is 1220. The lowest BCUT2D eigenvalue weighted by molar-refractivity contribution is -0.130. The fourth-order valence-corrected chi connectivity index (χ4v) is 5.32. The first-order chi connectivity index (χ1) is 14.8. The molecule has 6 nitrogen and oxygen atoms in total. The van der Waals surface area contributed by atoms with Gasteiger partial charge < -0.3 is 10.2 Å². The molecule has 1 aliphatic rings. The quantitative estimate of drug-likeness (QED) is 0.664. The first-order valence-electron chi connectivity index (χ1n) is 10.4. The molecular formula is C24H27N3O3S. The van der Waals surface area contributed by atoms with E-state index in [4.69, 9.17) is 0 Å². The highest BCUT2D eigenvalue weighted by Gasteiger charge is 2.30. The molecule has 0 radical (unpaired) electrons. The normalized spacial score (nSPS) is 15.2. The first-order valence-corrected chi connectivity index (χ1v) is 11.9. The van der Waals surface area contributed by atoms with Gasteiger partial charge in [-0.15, -0.1) is 0 Å². The van der Waals surface area contributed by atoms with Gasteiger partial charge in [0.2, 0.25) is 15.9 Å². The molecular weight excluding hydrogens is 410 g/mol. The maximum absolute atomic E-state index is 13.1. The zero-order chi connectivity index (χ0) is 22.0. The van der Waals surface area contributed by atoms with E-state index in [2.05, 4.69) is 5.32 Å². The molecule has 3 aromatic carbocycles. The Balaban J connectivity index is 1.38. The van der Waals surface area contributed by atoms with Crippen molar-refractivity contribution in [2.45, 2.75) is 18.7 Å². The van der Waals surface area contributed by atoms with Gasteiger partial charge in [0.05, 0.1) is 11.4 Å². The Morgan fingerprint density at radius 2 is 1.61 bits per heavy atom. The number of benzene rings is 3. The van der Waals surface area contributed by atoms with Gasteiger partial charge in [-0.05, 0) is 53.9 Å². The van der Waals surface area contributed by atoms with E-state index in [-0.39, 0.29) is 12.5 Å². The molecule has 0 spiro atoms. The van der Waals surface area contributed by atoms with Crippen molar-refractivity contribution in [3.63, 3.8) is 0 Å². The van der Waals surface area contributed by atoms with Crippen LogP contribution in [0.25, 0.3) is 10.8 Å². The summed E-state index contributed by atoms with van der Waals surface area (Å²) in [4.78, 5) is 14.7. The van der Waals surface area contributed by atoms with Gasteiger partial charge in [0.25, 0.3) is 0 Å². The fraction of sp³-hybridized carbons (Fsp3) is 0.292. The number of anilines is 1. The number of sulfonamides is 1. The first kappa shape index (κ1) is 21.3. The number of carbonyl (C=O) groups is 1. The van der Waals surface area contributed by atoms with E-state index in [0.29, 0.717) is 31.1 Å². The molecule has 1 fully saturated rings. The molecule has 1 N–H and O–H groups in total. The second kappa shape index (κ2) is 8.69. The van der Waals surface area contributed by atoms with Gasteiger partial charge in [0.15, 0.2) is 0 Å². The average Bonchev–Trinajstić information content (AvgIpc) is 2.79. The second-order valence-corrected chi connectivity index (χ2v) is 9.90. The van der Waals surface area contributed by atoms with E-state index < -0.39 is 10.0 Å². The number of hydrogen-bond donors (Lipinski definition) is 1. The molecule has 7 heteroatoms. The molecule has 4 rings (SSSR count). The van der Waals surface area contributed by atoms with Crippen molar-refractivity contribution in [3.8, 4) is 0 Å². The van der Waals surface area contributed by atoms with Gasteiger partial charge in [-0.2, -0.15) is 4.31 Å². The minimum Gasteiger partial charge on any atom is -0.376 e. The number of nitrogens with zero attached hydrogens (tertiary/aromatic N) is 2. The van der Waals surface area contributed by atoms with Crippen molar-refractivity contribution in [3.05, 3.63) is 71.8 Å². The van der Waals surface area contributed by atoms with Crippen molar-refractivity contribution < 1.29 is 13.2 Å². The summed E-state index contributed by atoms with van der Waals surface area (Å²) < 4.78 is 27.7. The number of rotatable bonds is 5. The van der Waals surface area contributed by atoms with Crippen molar-refractivity contribution >= 4 is 32.4 Å². The van der Waals surface area contributed by atoms with E-state index >= 15 is 0 Å². The standard InChI is InChI=1S/C24H27N3O3S/c1-18-7-8-19(2)23(15-18)25-17-24(28)26-11-13-27(14-12-26)31(29,30)22-10-9-20-5-3-4-6-21(20)16-22/h3-10,15-16,25H,11-14,17H2,1-2H3. The molecule has 0 aromatic heterocycles. The van der Waals surface area contributed by atoms with Crippen molar-refractivity contribution in [2.75, 3.05) is 38.0 Å². The van der Waals surface area contributed by atoms with Gasteiger partial charge in [-0.25, -0.2) is 8.42 Å². The lowest BCUT2D eigenvalue weighted by atomic mass is 10.1. The summed E-state index contributed by atoms with van der Waals surface area (Å²) in [6.45, 7) is 5.58. The molecule has 0 atom stereocenters. The smallest absolute Gasteiger partial charge is 0.243 e. The molecule has 0 unspecified atom stereocenters. The molecule has 1 amide bonds. The highest BCUT2D eigenvalue weighted by atomic mass is 32.2. The fourth-order valence-electron chi connectivity index (χ4n) is 3.86. The molecule has 1 saturated heterocycles. The maximum Gasteiger partial charge on any atom is 0.243 e. The predicted molar refractivity (Wildman–Crippen MR) is 124 cm³/mol. The van der Waals surface area contributed by atoms with E-state index in [1.807, 2.05) is 62.4 Å². The van der Waals surface area contributed by atoms with Crippen LogP contribution in [0, 0.1) is 13.8 Å². The molecule has 0 saturated carbocycles. The van der Waals surface area contributed by atoms with Crippen LogP contribution >= 0.6 is 0 Å². The number of nitrogens with one attached hydrogen (secondary N) is 1. The number of amides is 1. The SMILES string of the molecule is Cc1ccc(C)c(NCC(=O)N2CCN(S(=O)(=O)c3ccc4ccccc4c3)CC2)c1. The Morgan fingerprint density at radius 3 is 2.35 bits per heavy atom. The van der Waals surface area contributed by atoms with Crippen molar-refractivity contribution in [2.24, 2.45) is 0 Å². The highest BCUT2D eigenvalue weighted by molar-refractivity contribution is 7.89. The summed E-state index contributed by atoms with van der Waals surface area (Å²) in [5.74, 6) is -0.0244. The third kappa shape index (κ3) is 4.57. The summed E-state index contributed by atoms with van der Waals surface area (Å²) in [7, 11) is -3.59. The van der Waals surface area contributed by atoms with Crippen LogP contribution in [0.4, 0.5) is 5.69 Å². The Labute approximate surface area is 183 Å². The van der Waals surface area contributed by atoms with Gasteiger partial charge in [-0.1, -0.05) is 42.5 Å². The van der Waals surface area contributed by atoms with Crippen molar-refractivity contribution in [1.29, 1.82) is 0 Å². The van der Waals surface area contributed by atoms with Crippen LogP contribution < -0.4 is 5.32 Å². The highest BCUT2D eigenvalue weighted by Crippen LogP contribution is 2.23. The number of fused-ring (bicyclic) bond motifs is 1. The molecule has 3 aromatic rings. The van der Waals surface area contributed by atoms with E-state index in [9.17, 15) is 13.2 Å².